The molecule has 1 aromatic carbocycles. The monoisotopic (exact) mass is 345 g/mol. The van der Waals surface area contributed by atoms with Crippen molar-refractivity contribution in [3.63, 3.8) is 0 Å². The van der Waals surface area contributed by atoms with Crippen molar-refractivity contribution >= 4 is 23.2 Å². The first-order valence-electron chi connectivity index (χ1n) is 7.95. The first-order valence-corrected chi connectivity index (χ1v) is 8.32. The van der Waals surface area contributed by atoms with Gasteiger partial charge in [0.1, 0.15) is 0 Å². The minimum atomic E-state index is -1.15. The maximum Gasteiger partial charge on any atom is 0.256 e. The van der Waals surface area contributed by atoms with Crippen LogP contribution in [0.4, 0.5) is 5.69 Å². The highest BCUT2D eigenvalue weighted by molar-refractivity contribution is 6.31. The molecule has 3 rings (SSSR count). The molecule has 0 aliphatic carbocycles. The lowest BCUT2D eigenvalue weighted by molar-refractivity contribution is -0.140. The van der Waals surface area contributed by atoms with Gasteiger partial charge in [0.25, 0.3) is 5.91 Å². The lowest BCUT2D eigenvalue weighted by atomic mass is 10.1. The number of pyridine rings is 1. The minimum Gasteiger partial charge on any atom is -0.378 e. The Morgan fingerprint density at radius 3 is 2.62 bits per heavy atom. The number of nitrogens with zero attached hydrogens (tertiary/aromatic N) is 3. The molecule has 1 aliphatic heterocycles. The number of hydrogen-bond acceptors (Lipinski definition) is 4. The SMILES string of the molecule is Cc1c(Cl)cccc1N1CCN(C(=O)C(O)c2cccnc2)CC1. The van der Waals surface area contributed by atoms with Crippen LogP contribution < -0.4 is 4.90 Å². The summed E-state index contributed by atoms with van der Waals surface area (Å²) < 4.78 is 0. The highest BCUT2D eigenvalue weighted by Gasteiger charge is 2.27. The fourth-order valence-corrected chi connectivity index (χ4v) is 3.13. The number of aromatic nitrogens is 1. The molecular weight excluding hydrogens is 326 g/mol. The van der Waals surface area contributed by atoms with Crippen molar-refractivity contribution in [2.24, 2.45) is 0 Å². The van der Waals surface area contributed by atoms with Crippen molar-refractivity contribution in [2.45, 2.75) is 13.0 Å². The van der Waals surface area contributed by atoms with Crippen LogP contribution in [0.15, 0.2) is 42.7 Å². The lowest BCUT2D eigenvalue weighted by Gasteiger charge is -2.37. The van der Waals surface area contributed by atoms with E-state index in [9.17, 15) is 9.90 Å². The molecule has 1 aromatic heterocycles. The molecule has 6 heteroatoms. The van der Waals surface area contributed by atoms with Crippen molar-refractivity contribution in [1.29, 1.82) is 0 Å². The number of piperazine rings is 1. The zero-order valence-electron chi connectivity index (χ0n) is 13.5. The first-order chi connectivity index (χ1) is 11.6. The number of rotatable bonds is 3. The molecule has 1 atom stereocenters. The number of halogens is 1. The summed E-state index contributed by atoms with van der Waals surface area (Å²) >= 11 is 6.19. The van der Waals surface area contributed by atoms with Crippen molar-refractivity contribution < 1.29 is 9.90 Å². The van der Waals surface area contributed by atoms with Crippen LogP contribution in [0.25, 0.3) is 0 Å². The number of anilines is 1. The number of carbonyl (C=O) groups excluding carboxylic acids is 1. The minimum absolute atomic E-state index is 0.273. The third-order valence-corrected chi connectivity index (χ3v) is 4.81. The van der Waals surface area contributed by atoms with Gasteiger partial charge in [-0.25, -0.2) is 0 Å². The third-order valence-electron chi connectivity index (χ3n) is 4.41. The smallest absolute Gasteiger partial charge is 0.256 e. The number of benzene rings is 1. The highest BCUT2D eigenvalue weighted by atomic mass is 35.5. The Balaban J connectivity index is 1.64. The molecule has 126 valence electrons. The van der Waals surface area contributed by atoms with E-state index in [1.54, 1.807) is 23.2 Å². The van der Waals surface area contributed by atoms with Gasteiger partial charge in [-0.3, -0.25) is 9.78 Å². The van der Waals surface area contributed by atoms with Gasteiger partial charge >= 0.3 is 0 Å². The summed E-state index contributed by atoms with van der Waals surface area (Å²) in [6.45, 7) is 4.57. The van der Waals surface area contributed by atoms with Crippen molar-refractivity contribution in [3.8, 4) is 0 Å². The predicted octanol–water partition coefficient (Wildman–Crippen LogP) is 2.43. The fraction of sp³-hybridized carbons (Fsp3) is 0.333. The van der Waals surface area contributed by atoms with E-state index in [1.807, 2.05) is 25.1 Å². The Morgan fingerprint density at radius 1 is 1.21 bits per heavy atom. The highest BCUT2D eigenvalue weighted by Crippen LogP contribution is 2.27. The van der Waals surface area contributed by atoms with Crippen LogP contribution in [-0.4, -0.2) is 47.1 Å². The van der Waals surface area contributed by atoms with Gasteiger partial charge in [0.05, 0.1) is 0 Å². The second kappa shape index (κ2) is 7.20. The van der Waals surface area contributed by atoms with E-state index in [4.69, 9.17) is 11.6 Å². The van der Waals surface area contributed by atoms with Crippen LogP contribution in [0.1, 0.15) is 17.2 Å². The Morgan fingerprint density at radius 2 is 1.96 bits per heavy atom. The first kappa shape index (κ1) is 16.7. The zero-order chi connectivity index (χ0) is 17.1. The molecule has 0 bridgehead atoms. The maximum absolute atomic E-state index is 12.5. The van der Waals surface area contributed by atoms with E-state index in [2.05, 4.69) is 9.88 Å². The van der Waals surface area contributed by atoms with Gasteiger partial charge in [0, 0.05) is 54.8 Å². The molecule has 1 fully saturated rings. The van der Waals surface area contributed by atoms with Crippen LogP contribution in [0.2, 0.25) is 5.02 Å². The van der Waals surface area contributed by atoms with Gasteiger partial charge in [-0.1, -0.05) is 23.7 Å². The largest absolute Gasteiger partial charge is 0.378 e. The zero-order valence-corrected chi connectivity index (χ0v) is 14.3. The average molecular weight is 346 g/mol. The van der Waals surface area contributed by atoms with Gasteiger partial charge < -0.3 is 14.9 Å². The molecule has 24 heavy (non-hydrogen) atoms. The van der Waals surface area contributed by atoms with Gasteiger partial charge in [0.15, 0.2) is 6.10 Å². The Hall–Kier alpha value is -2.11. The quantitative estimate of drug-likeness (QED) is 0.928. The van der Waals surface area contributed by atoms with Crippen molar-refractivity contribution in [1.82, 2.24) is 9.88 Å². The molecular formula is C18H20ClN3O2. The second-order valence-electron chi connectivity index (χ2n) is 5.89. The molecule has 1 saturated heterocycles. The van der Waals surface area contributed by atoms with Crippen molar-refractivity contribution in [3.05, 3.63) is 58.9 Å². The molecule has 1 amide bonds. The normalized spacial score (nSPS) is 16.1. The summed E-state index contributed by atoms with van der Waals surface area (Å²) in [6, 6.07) is 9.29. The predicted molar refractivity (Wildman–Crippen MR) is 94.2 cm³/mol. The summed E-state index contributed by atoms with van der Waals surface area (Å²) in [5.41, 5.74) is 2.67. The van der Waals surface area contributed by atoms with Crippen molar-refractivity contribution in [2.75, 3.05) is 31.1 Å². The maximum atomic E-state index is 12.5. The van der Waals surface area contributed by atoms with E-state index in [0.717, 1.165) is 16.3 Å². The molecule has 1 aliphatic rings. The lowest BCUT2D eigenvalue weighted by Crippen LogP contribution is -2.50. The molecule has 0 radical (unpaired) electrons. The molecule has 0 spiro atoms. The molecule has 0 saturated carbocycles. The Labute approximate surface area is 146 Å². The van der Waals surface area contributed by atoms with E-state index < -0.39 is 6.10 Å². The molecule has 1 N–H and O–H groups in total. The molecule has 2 aromatic rings. The van der Waals surface area contributed by atoms with Gasteiger partial charge in [0.2, 0.25) is 0 Å². The van der Waals surface area contributed by atoms with Crippen LogP contribution in [0, 0.1) is 6.92 Å². The van der Waals surface area contributed by atoms with Crippen LogP contribution in [0.5, 0.6) is 0 Å². The number of carbonyl (C=O) groups is 1. The summed E-state index contributed by atoms with van der Waals surface area (Å²) in [6.07, 6.45) is 1.99. The topological polar surface area (TPSA) is 56.7 Å². The van der Waals surface area contributed by atoms with E-state index >= 15 is 0 Å². The summed E-state index contributed by atoms with van der Waals surface area (Å²) in [5.74, 6) is -0.273. The number of aliphatic hydroxyl groups excluding tert-OH is 1. The standard InChI is InChI=1S/C18H20ClN3O2/c1-13-15(19)5-2-6-16(13)21-8-10-22(11-9-21)18(24)17(23)14-4-3-7-20-12-14/h2-7,12,17,23H,8-11H2,1H3. The van der Waals surface area contributed by atoms with Crippen LogP contribution in [0.3, 0.4) is 0 Å². The number of aliphatic hydroxyl groups is 1. The number of hydrogen-bond donors (Lipinski definition) is 1. The van der Waals surface area contributed by atoms with Gasteiger partial charge in [-0.05, 0) is 30.7 Å². The fourth-order valence-electron chi connectivity index (χ4n) is 2.96. The summed E-state index contributed by atoms with van der Waals surface area (Å²) in [4.78, 5) is 20.3. The second-order valence-corrected chi connectivity index (χ2v) is 6.29. The van der Waals surface area contributed by atoms with E-state index in [1.165, 1.54) is 6.20 Å². The van der Waals surface area contributed by atoms with E-state index in [-0.39, 0.29) is 5.91 Å². The molecule has 1 unspecified atom stereocenters. The van der Waals surface area contributed by atoms with Crippen LogP contribution in [-0.2, 0) is 4.79 Å². The summed E-state index contributed by atoms with van der Waals surface area (Å²) in [5, 5.41) is 11.0. The summed E-state index contributed by atoms with van der Waals surface area (Å²) in [7, 11) is 0. The van der Waals surface area contributed by atoms with Gasteiger partial charge in [-0.2, -0.15) is 0 Å². The Bertz CT molecular complexity index is 715. The van der Waals surface area contributed by atoms with Gasteiger partial charge in [-0.15, -0.1) is 0 Å². The third kappa shape index (κ3) is 3.37. The van der Waals surface area contributed by atoms with Crippen LogP contribution >= 0.6 is 11.6 Å². The Kier molecular flexibility index (Phi) is 5.02. The molecule has 5 nitrogen and oxygen atoms in total. The van der Waals surface area contributed by atoms with E-state index in [0.29, 0.717) is 31.7 Å². The average Bonchev–Trinajstić information content (AvgIpc) is 2.64. The molecule has 2 heterocycles. The number of amides is 1.